The van der Waals surface area contributed by atoms with E-state index in [0.717, 1.165) is 6.42 Å². The van der Waals surface area contributed by atoms with E-state index in [0.29, 0.717) is 13.0 Å². The molecule has 1 saturated heterocycles. The van der Waals surface area contributed by atoms with Crippen LogP contribution in [0.1, 0.15) is 26.2 Å². The van der Waals surface area contributed by atoms with Gasteiger partial charge in [-0.15, -0.1) is 0 Å². The Morgan fingerprint density at radius 1 is 1.57 bits per heavy atom. The summed E-state index contributed by atoms with van der Waals surface area (Å²) in [7, 11) is 0. The molecule has 0 spiro atoms. The SMILES string of the molecule is CC(=O)NC1CCOC(CC(=O)O)C1. The van der Waals surface area contributed by atoms with Crippen LogP contribution in [0, 0.1) is 0 Å². The molecule has 0 aromatic heterocycles. The number of amides is 1. The minimum absolute atomic E-state index is 0.0100. The van der Waals surface area contributed by atoms with Crippen molar-refractivity contribution in [2.45, 2.75) is 38.3 Å². The number of carbonyl (C=O) groups is 2. The van der Waals surface area contributed by atoms with E-state index in [2.05, 4.69) is 5.32 Å². The van der Waals surface area contributed by atoms with Crippen molar-refractivity contribution in [3.63, 3.8) is 0 Å². The second-order valence-corrected chi connectivity index (χ2v) is 3.51. The number of carboxylic acid groups (broad SMARTS) is 1. The molecule has 0 radical (unpaired) electrons. The third kappa shape index (κ3) is 3.74. The lowest BCUT2D eigenvalue weighted by Gasteiger charge is -2.28. The summed E-state index contributed by atoms with van der Waals surface area (Å²) in [4.78, 5) is 21.2. The minimum atomic E-state index is -0.863. The highest BCUT2D eigenvalue weighted by molar-refractivity contribution is 5.73. The largest absolute Gasteiger partial charge is 0.481 e. The van der Waals surface area contributed by atoms with E-state index in [1.165, 1.54) is 6.92 Å². The first-order valence-electron chi connectivity index (χ1n) is 4.68. The number of ether oxygens (including phenoxy) is 1. The summed E-state index contributed by atoms with van der Waals surface area (Å²) >= 11 is 0. The highest BCUT2D eigenvalue weighted by Gasteiger charge is 2.24. The van der Waals surface area contributed by atoms with Crippen molar-refractivity contribution in [2.24, 2.45) is 0 Å². The summed E-state index contributed by atoms with van der Waals surface area (Å²) in [5.74, 6) is -0.940. The average Bonchev–Trinajstić information content (AvgIpc) is 2.01. The second kappa shape index (κ2) is 4.95. The van der Waals surface area contributed by atoms with Gasteiger partial charge in [0.1, 0.15) is 0 Å². The van der Waals surface area contributed by atoms with Crippen LogP contribution >= 0.6 is 0 Å². The number of nitrogens with one attached hydrogen (secondary N) is 1. The van der Waals surface area contributed by atoms with Gasteiger partial charge in [-0.3, -0.25) is 9.59 Å². The Hall–Kier alpha value is -1.10. The van der Waals surface area contributed by atoms with Gasteiger partial charge >= 0.3 is 5.97 Å². The Morgan fingerprint density at radius 3 is 2.86 bits per heavy atom. The number of carboxylic acids is 1. The average molecular weight is 201 g/mol. The molecule has 1 heterocycles. The molecule has 2 unspecified atom stereocenters. The molecule has 80 valence electrons. The molecular formula is C9H15NO4. The lowest BCUT2D eigenvalue weighted by molar-refractivity contribution is -0.141. The van der Waals surface area contributed by atoms with Crippen molar-refractivity contribution in [1.29, 1.82) is 0 Å². The fourth-order valence-electron chi connectivity index (χ4n) is 1.64. The molecule has 0 bridgehead atoms. The first kappa shape index (κ1) is 11.0. The molecular weight excluding hydrogens is 186 g/mol. The van der Waals surface area contributed by atoms with Crippen LogP contribution in [-0.2, 0) is 14.3 Å². The van der Waals surface area contributed by atoms with Crippen LogP contribution in [0.5, 0.6) is 0 Å². The minimum Gasteiger partial charge on any atom is -0.481 e. The summed E-state index contributed by atoms with van der Waals surface area (Å²) in [5.41, 5.74) is 0. The van der Waals surface area contributed by atoms with Crippen molar-refractivity contribution in [3.8, 4) is 0 Å². The van der Waals surface area contributed by atoms with Gasteiger partial charge in [0.15, 0.2) is 0 Å². The zero-order valence-electron chi connectivity index (χ0n) is 8.16. The molecule has 14 heavy (non-hydrogen) atoms. The number of hydrogen-bond donors (Lipinski definition) is 2. The predicted molar refractivity (Wildman–Crippen MR) is 48.8 cm³/mol. The molecule has 1 amide bonds. The quantitative estimate of drug-likeness (QED) is 0.681. The molecule has 5 heteroatoms. The van der Waals surface area contributed by atoms with E-state index >= 15 is 0 Å². The highest BCUT2D eigenvalue weighted by Crippen LogP contribution is 2.16. The Bertz CT molecular complexity index is 207. The maximum absolute atomic E-state index is 10.8. The zero-order chi connectivity index (χ0) is 10.6. The van der Waals surface area contributed by atoms with Gasteiger partial charge in [0.2, 0.25) is 5.91 Å². The van der Waals surface area contributed by atoms with Crippen LogP contribution in [0.25, 0.3) is 0 Å². The molecule has 0 aromatic rings. The van der Waals surface area contributed by atoms with Crippen LogP contribution in [0.15, 0.2) is 0 Å². The van der Waals surface area contributed by atoms with Crippen molar-refractivity contribution in [2.75, 3.05) is 6.61 Å². The molecule has 0 saturated carbocycles. The summed E-state index contributed by atoms with van der Waals surface area (Å²) in [6, 6.07) is 0.0607. The number of rotatable bonds is 3. The van der Waals surface area contributed by atoms with E-state index in [-0.39, 0.29) is 24.5 Å². The topological polar surface area (TPSA) is 75.6 Å². The van der Waals surface area contributed by atoms with Gasteiger partial charge in [0.25, 0.3) is 0 Å². The Balaban J connectivity index is 2.35. The van der Waals surface area contributed by atoms with E-state index in [9.17, 15) is 9.59 Å². The van der Waals surface area contributed by atoms with Gasteiger partial charge in [0, 0.05) is 19.6 Å². The molecule has 1 aliphatic heterocycles. The summed E-state index contributed by atoms with van der Waals surface area (Å²) in [6.07, 6.45) is 1.09. The number of carbonyl (C=O) groups excluding carboxylic acids is 1. The van der Waals surface area contributed by atoms with Crippen LogP contribution in [-0.4, -0.2) is 35.7 Å². The molecule has 5 nitrogen and oxygen atoms in total. The van der Waals surface area contributed by atoms with E-state index in [1.54, 1.807) is 0 Å². The fourth-order valence-corrected chi connectivity index (χ4v) is 1.64. The molecule has 1 rings (SSSR count). The normalized spacial score (nSPS) is 26.9. The van der Waals surface area contributed by atoms with Gasteiger partial charge in [-0.25, -0.2) is 0 Å². The van der Waals surface area contributed by atoms with Gasteiger partial charge in [-0.2, -0.15) is 0 Å². The third-order valence-electron chi connectivity index (χ3n) is 2.18. The van der Waals surface area contributed by atoms with Crippen molar-refractivity contribution >= 4 is 11.9 Å². The van der Waals surface area contributed by atoms with Crippen molar-refractivity contribution in [3.05, 3.63) is 0 Å². The van der Waals surface area contributed by atoms with Crippen molar-refractivity contribution in [1.82, 2.24) is 5.32 Å². The molecule has 1 aliphatic rings. The first-order valence-corrected chi connectivity index (χ1v) is 4.68. The molecule has 2 atom stereocenters. The Labute approximate surface area is 82.4 Å². The monoisotopic (exact) mass is 201 g/mol. The maximum Gasteiger partial charge on any atom is 0.305 e. The van der Waals surface area contributed by atoms with E-state index in [1.807, 2.05) is 0 Å². The van der Waals surface area contributed by atoms with E-state index < -0.39 is 5.97 Å². The fraction of sp³-hybridized carbons (Fsp3) is 0.778. The molecule has 0 aromatic carbocycles. The first-order chi connectivity index (χ1) is 6.58. The van der Waals surface area contributed by atoms with Gasteiger partial charge in [-0.05, 0) is 12.8 Å². The molecule has 0 aliphatic carbocycles. The maximum atomic E-state index is 10.8. The second-order valence-electron chi connectivity index (χ2n) is 3.51. The number of aliphatic carboxylic acids is 1. The Morgan fingerprint density at radius 2 is 2.29 bits per heavy atom. The highest BCUT2D eigenvalue weighted by atomic mass is 16.5. The van der Waals surface area contributed by atoms with Crippen molar-refractivity contribution < 1.29 is 19.4 Å². The van der Waals surface area contributed by atoms with Gasteiger partial charge in [0.05, 0.1) is 12.5 Å². The summed E-state index contributed by atoms with van der Waals surface area (Å²) < 4.78 is 5.27. The lowest BCUT2D eigenvalue weighted by atomic mass is 10.0. The van der Waals surface area contributed by atoms with E-state index in [4.69, 9.17) is 9.84 Å². The summed E-state index contributed by atoms with van der Waals surface area (Å²) in [5, 5.41) is 11.3. The van der Waals surface area contributed by atoms with Gasteiger partial charge < -0.3 is 15.2 Å². The molecule has 1 fully saturated rings. The standard InChI is InChI=1S/C9H15NO4/c1-6(11)10-7-2-3-14-8(4-7)5-9(12)13/h7-8H,2-5H2,1H3,(H,10,11)(H,12,13). The Kier molecular flexibility index (Phi) is 3.88. The van der Waals surface area contributed by atoms with Crippen LogP contribution in [0.2, 0.25) is 0 Å². The predicted octanol–water partition coefficient (Wildman–Crippen LogP) is 0.145. The lowest BCUT2D eigenvalue weighted by Crippen LogP contribution is -2.41. The third-order valence-corrected chi connectivity index (χ3v) is 2.18. The summed E-state index contributed by atoms with van der Waals surface area (Å²) in [6.45, 7) is 1.98. The van der Waals surface area contributed by atoms with Crippen LogP contribution in [0.4, 0.5) is 0 Å². The van der Waals surface area contributed by atoms with Gasteiger partial charge in [-0.1, -0.05) is 0 Å². The zero-order valence-corrected chi connectivity index (χ0v) is 8.16. The molecule has 2 N–H and O–H groups in total. The van der Waals surface area contributed by atoms with Crippen LogP contribution in [0.3, 0.4) is 0 Å². The van der Waals surface area contributed by atoms with Crippen LogP contribution < -0.4 is 5.32 Å². The number of hydrogen-bond acceptors (Lipinski definition) is 3. The smallest absolute Gasteiger partial charge is 0.305 e.